The molecule has 1 aliphatic rings. The molecule has 18 heavy (non-hydrogen) atoms. The summed E-state index contributed by atoms with van der Waals surface area (Å²) in [5.41, 5.74) is 1.41. The first-order valence-corrected chi connectivity index (χ1v) is 8.11. The van der Waals surface area contributed by atoms with Crippen LogP contribution in [0.15, 0.2) is 29.2 Å². The molecule has 0 unspecified atom stereocenters. The minimum Gasteiger partial charge on any atom is -0.310 e. The van der Waals surface area contributed by atoms with E-state index < -0.39 is 0 Å². The molecule has 0 heterocycles. The summed E-state index contributed by atoms with van der Waals surface area (Å²) in [5, 5.41) is 4.34. The van der Waals surface area contributed by atoms with Gasteiger partial charge in [-0.1, -0.05) is 45.2 Å². The van der Waals surface area contributed by atoms with E-state index in [4.69, 9.17) is 0 Å². The quantitative estimate of drug-likeness (QED) is 0.832. The molecule has 0 aliphatic heterocycles. The third kappa shape index (κ3) is 4.66. The Hall–Kier alpha value is -0.470. The first-order valence-electron chi connectivity index (χ1n) is 7.23. The molecule has 1 aromatic carbocycles. The van der Waals surface area contributed by atoms with Gasteiger partial charge in [-0.15, -0.1) is 11.8 Å². The second-order valence-corrected chi connectivity index (χ2v) is 6.93. The monoisotopic (exact) mass is 263 g/mol. The first-order chi connectivity index (χ1) is 8.74. The smallest absolute Gasteiger partial charge is 0.0208 e. The van der Waals surface area contributed by atoms with Crippen LogP contribution in [0.5, 0.6) is 0 Å². The Bertz CT molecular complexity index is 356. The molecule has 2 heteroatoms. The van der Waals surface area contributed by atoms with Crippen molar-refractivity contribution in [2.75, 3.05) is 0 Å². The molecule has 1 nitrogen and oxygen atoms in total. The van der Waals surface area contributed by atoms with Crippen molar-refractivity contribution in [2.45, 2.75) is 68.7 Å². The Kier molecular flexibility index (Phi) is 5.58. The van der Waals surface area contributed by atoms with Crippen LogP contribution in [-0.4, -0.2) is 11.3 Å². The first kappa shape index (κ1) is 14.0. The summed E-state index contributed by atoms with van der Waals surface area (Å²) in [6, 6.07) is 9.59. The SMILES string of the molecule is CC(C)NCc1cccc(SC2CCCCC2)c1. The zero-order chi connectivity index (χ0) is 12.8. The summed E-state index contributed by atoms with van der Waals surface area (Å²) in [5.74, 6) is 0. The van der Waals surface area contributed by atoms with E-state index in [-0.39, 0.29) is 0 Å². The van der Waals surface area contributed by atoms with Gasteiger partial charge in [0.05, 0.1) is 0 Å². The van der Waals surface area contributed by atoms with Gasteiger partial charge in [-0.25, -0.2) is 0 Å². The summed E-state index contributed by atoms with van der Waals surface area (Å²) in [7, 11) is 0. The topological polar surface area (TPSA) is 12.0 Å². The maximum absolute atomic E-state index is 3.48. The minimum absolute atomic E-state index is 0.555. The van der Waals surface area contributed by atoms with E-state index in [0.29, 0.717) is 6.04 Å². The summed E-state index contributed by atoms with van der Waals surface area (Å²) in [4.78, 5) is 1.45. The van der Waals surface area contributed by atoms with Gasteiger partial charge in [-0.3, -0.25) is 0 Å². The van der Waals surface area contributed by atoms with E-state index in [1.54, 1.807) is 0 Å². The van der Waals surface area contributed by atoms with Gasteiger partial charge < -0.3 is 5.32 Å². The predicted molar refractivity (Wildman–Crippen MR) is 81.1 cm³/mol. The summed E-state index contributed by atoms with van der Waals surface area (Å²) in [6.45, 7) is 5.37. The molecule has 0 atom stereocenters. The molecule has 0 spiro atoms. The molecule has 1 saturated carbocycles. The second-order valence-electron chi connectivity index (χ2n) is 5.56. The van der Waals surface area contributed by atoms with Crippen molar-refractivity contribution in [3.8, 4) is 0 Å². The van der Waals surface area contributed by atoms with E-state index in [1.165, 1.54) is 42.6 Å². The maximum atomic E-state index is 3.48. The van der Waals surface area contributed by atoms with E-state index in [2.05, 4.69) is 55.2 Å². The van der Waals surface area contributed by atoms with Crippen LogP contribution < -0.4 is 5.32 Å². The number of benzene rings is 1. The maximum Gasteiger partial charge on any atom is 0.0208 e. The van der Waals surface area contributed by atoms with Crippen molar-refractivity contribution in [3.63, 3.8) is 0 Å². The lowest BCUT2D eigenvalue weighted by atomic mass is 10.0. The Labute approximate surface area is 116 Å². The molecule has 2 rings (SSSR count). The van der Waals surface area contributed by atoms with E-state index in [0.717, 1.165) is 11.8 Å². The normalized spacial score (nSPS) is 17.3. The molecule has 0 radical (unpaired) electrons. The minimum atomic E-state index is 0.555. The lowest BCUT2D eigenvalue weighted by Crippen LogP contribution is -2.21. The summed E-state index contributed by atoms with van der Waals surface area (Å²) < 4.78 is 0. The zero-order valence-corrected chi connectivity index (χ0v) is 12.4. The highest BCUT2D eigenvalue weighted by Crippen LogP contribution is 2.33. The van der Waals surface area contributed by atoms with Gasteiger partial charge in [-0.05, 0) is 30.5 Å². The molecule has 1 aliphatic carbocycles. The zero-order valence-electron chi connectivity index (χ0n) is 11.6. The van der Waals surface area contributed by atoms with E-state index in [9.17, 15) is 0 Å². The predicted octanol–water partition coefficient (Wildman–Crippen LogP) is 4.61. The molecule has 1 fully saturated rings. The van der Waals surface area contributed by atoms with Gasteiger partial charge in [0.15, 0.2) is 0 Å². The standard InChI is InChI=1S/C16H25NS/c1-13(2)17-12-14-7-6-10-16(11-14)18-15-8-4-3-5-9-15/h6-7,10-11,13,15,17H,3-5,8-9,12H2,1-2H3. The molecular formula is C16H25NS. The Morgan fingerprint density at radius 3 is 2.72 bits per heavy atom. The fraction of sp³-hybridized carbons (Fsp3) is 0.625. The number of thioether (sulfide) groups is 1. The Morgan fingerprint density at radius 2 is 2.00 bits per heavy atom. The fourth-order valence-electron chi connectivity index (χ4n) is 2.43. The summed E-state index contributed by atoms with van der Waals surface area (Å²) in [6.07, 6.45) is 7.09. The lowest BCUT2D eigenvalue weighted by Gasteiger charge is -2.21. The van der Waals surface area contributed by atoms with Crippen LogP contribution in [-0.2, 0) is 6.54 Å². The van der Waals surface area contributed by atoms with Crippen LogP contribution in [0, 0.1) is 0 Å². The Balaban J connectivity index is 1.89. The van der Waals surface area contributed by atoms with Crippen LogP contribution in [0.2, 0.25) is 0 Å². The highest BCUT2D eigenvalue weighted by Gasteiger charge is 2.14. The van der Waals surface area contributed by atoms with Crippen molar-refractivity contribution in [1.82, 2.24) is 5.32 Å². The van der Waals surface area contributed by atoms with Crippen LogP contribution in [0.1, 0.15) is 51.5 Å². The van der Waals surface area contributed by atoms with Crippen LogP contribution in [0.3, 0.4) is 0 Å². The van der Waals surface area contributed by atoms with Crippen molar-refractivity contribution >= 4 is 11.8 Å². The lowest BCUT2D eigenvalue weighted by molar-refractivity contribution is 0.516. The average Bonchev–Trinajstić information content (AvgIpc) is 2.38. The van der Waals surface area contributed by atoms with Crippen molar-refractivity contribution < 1.29 is 0 Å². The number of hydrogen-bond donors (Lipinski definition) is 1. The molecular weight excluding hydrogens is 238 g/mol. The third-order valence-corrected chi connectivity index (χ3v) is 4.80. The molecule has 0 saturated heterocycles. The largest absolute Gasteiger partial charge is 0.310 e. The van der Waals surface area contributed by atoms with Gasteiger partial charge >= 0.3 is 0 Å². The van der Waals surface area contributed by atoms with Crippen LogP contribution in [0.4, 0.5) is 0 Å². The van der Waals surface area contributed by atoms with Crippen LogP contribution in [0.25, 0.3) is 0 Å². The molecule has 100 valence electrons. The van der Waals surface area contributed by atoms with E-state index >= 15 is 0 Å². The Morgan fingerprint density at radius 1 is 1.22 bits per heavy atom. The van der Waals surface area contributed by atoms with Crippen molar-refractivity contribution in [2.24, 2.45) is 0 Å². The highest BCUT2D eigenvalue weighted by molar-refractivity contribution is 8.00. The number of hydrogen-bond acceptors (Lipinski definition) is 2. The van der Waals surface area contributed by atoms with Gasteiger partial charge in [0.25, 0.3) is 0 Å². The van der Waals surface area contributed by atoms with Gasteiger partial charge in [0.1, 0.15) is 0 Å². The average molecular weight is 263 g/mol. The molecule has 1 N–H and O–H groups in total. The van der Waals surface area contributed by atoms with Crippen LogP contribution >= 0.6 is 11.8 Å². The molecule has 0 aromatic heterocycles. The number of rotatable bonds is 5. The third-order valence-electron chi connectivity index (χ3n) is 3.47. The highest BCUT2D eigenvalue weighted by atomic mass is 32.2. The van der Waals surface area contributed by atoms with Gasteiger partial charge in [-0.2, -0.15) is 0 Å². The molecule has 1 aromatic rings. The van der Waals surface area contributed by atoms with Crippen molar-refractivity contribution in [1.29, 1.82) is 0 Å². The molecule has 0 amide bonds. The van der Waals surface area contributed by atoms with Gasteiger partial charge in [0, 0.05) is 22.7 Å². The van der Waals surface area contributed by atoms with Gasteiger partial charge in [0.2, 0.25) is 0 Å². The van der Waals surface area contributed by atoms with E-state index in [1.807, 2.05) is 0 Å². The summed E-state index contributed by atoms with van der Waals surface area (Å²) >= 11 is 2.09. The molecule has 0 bridgehead atoms. The fourth-order valence-corrected chi connectivity index (χ4v) is 3.76. The van der Waals surface area contributed by atoms with Crippen molar-refractivity contribution in [3.05, 3.63) is 29.8 Å². The number of nitrogens with one attached hydrogen (secondary N) is 1. The second kappa shape index (κ2) is 7.20.